The number of halogens is 2. The van der Waals surface area contributed by atoms with Crippen LogP contribution < -0.4 is 5.56 Å². The molecule has 0 atom stereocenters. The minimum absolute atomic E-state index is 0.0394. The maximum absolute atomic E-state index is 12.7. The summed E-state index contributed by atoms with van der Waals surface area (Å²) < 4.78 is 33.6. The summed E-state index contributed by atoms with van der Waals surface area (Å²) in [7, 11) is 0. The van der Waals surface area contributed by atoms with Crippen LogP contribution in [0.3, 0.4) is 0 Å². The molecule has 0 bridgehead atoms. The molecule has 0 saturated heterocycles. The molecule has 1 saturated carbocycles. The van der Waals surface area contributed by atoms with Gasteiger partial charge in [0.05, 0.1) is 7.06 Å². The lowest BCUT2D eigenvalue weighted by atomic mass is 9.86. The van der Waals surface area contributed by atoms with Crippen molar-refractivity contribution in [3.8, 4) is 0 Å². The SMILES string of the molecule is [2H]c1c(C(F)F)cc(=O)n(O)c1C1CCCCC1. The number of rotatable bonds is 2. The molecule has 5 heteroatoms. The van der Waals surface area contributed by atoms with Gasteiger partial charge in [-0.1, -0.05) is 19.3 Å². The quantitative estimate of drug-likeness (QED) is 0.812. The van der Waals surface area contributed by atoms with Crippen molar-refractivity contribution < 1.29 is 15.4 Å². The summed E-state index contributed by atoms with van der Waals surface area (Å²) in [6, 6.07) is 0.235. The van der Waals surface area contributed by atoms with E-state index in [1.807, 2.05) is 0 Å². The molecule has 0 radical (unpaired) electrons. The average Bonchev–Trinajstić information content (AvgIpc) is 2.35. The van der Waals surface area contributed by atoms with E-state index in [0.29, 0.717) is 10.8 Å². The second kappa shape index (κ2) is 4.85. The fourth-order valence-corrected chi connectivity index (χ4v) is 2.32. The molecule has 17 heavy (non-hydrogen) atoms. The molecule has 0 aromatic carbocycles. The maximum atomic E-state index is 12.7. The van der Waals surface area contributed by atoms with E-state index < -0.39 is 23.6 Å². The summed E-state index contributed by atoms with van der Waals surface area (Å²) in [6.07, 6.45) is 1.49. The molecule has 1 N–H and O–H groups in total. The molecule has 1 aromatic heterocycles. The van der Waals surface area contributed by atoms with Crippen LogP contribution in [0.5, 0.6) is 0 Å². The Morgan fingerprint density at radius 1 is 1.41 bits per heavy atom. The molecule has 1 aromatic rings. The maximum Gasteiger partial charge on any atom is 0.283 e. The fraction of sp³-hybridized carbons (Fsp3) is 0.583. The second-order valence-corrected chi connectivity index (χ2v) is 4.40. The van der Waals surface area contributed by atoms with E-state index >= 15 is 0 Å². The lowest BCUT2D eigenvalue weighted by Gasteiger charge is -2.23. The molecule has 2 rings (SSSR count). The molecule has 3 nitrogen and oxygen atoms in total. The summed E-state index contributed by atoms with van der Waals surface area (Å²) in [6.45, 7) is 0. The molecule has 0 aliphatic heterocycles. The Bertz CT molecular complexity index is 496. The van der Waals surface area contributed by atoms with Gasteiger partial charge in [0.2, 0.25) is 0 Å². The lowest BCUT2D eigenvalue weighted by molar-refractivity contribution is 0.140. The number of aromatic nitrogens is 1. The smallest absolute Gasteiger partial charge is 0.283 e. The number of hydrogen-bond acceptors (Lipinski definition) is 2. The predicted molar refractivity (Wildman–Crippen MR) is 58.7 cm³/mol. The van der Waals surface area contributed by atoms with Crippen molar-refractivity contribution in [2.75, 3.05) is 0 Å². The zero-order valence-corrected chi connectivity index (χ0v) is 9.33. The van der Waals surface area contributed by atoms with E-state index in [-0.39, 0.29) is 11.6 Å². The largest absolute Gasteiger partial charge is 0.425 e. The summed E-state index contributed by atoms with van der Waals surface area (Å²) in [5, 5.41) is 9.68. The van der Waals surface area contributed by atoms with Crippen molar-refractivity contribution in [2.45, 2.75) is 44.4 Å². The van der Waals surface area contributed by atoms with Crippen LogP contribution in [0.25, 0.3) is 0 Å². The Labute approximate surface area is 99.1 Å². The van der Waals surface area contributed by atoms with Gasteiger partial charge in [-0.05, 0) is 18.9 Å². The highest BCUT2D eigenvalue weighted by Gasteiger charge is 2.21. The number of alkyl halides is 2. The van der Waals surface area contributed by atoms with Gasteiger partial charge in [0.15, 0.2) is 0 Å². The Morgan fingerprint density at radius 3 is 2.65 bits per heavy atom. The summed E-state index contributed by atoms with van der Waals surface area (Å²) in [5.41, 5.74) is -1.44. The van der Waals surface area contributed by atoms with Gasteiger partial charge < -0.3 is 5.21 Å². The van der Waals surface area contributed by atoms with E-state index in [0.717, 1.165) is 32.1 Å². The van der Waals surface area contributed by atoms with Crippen molar-refractivity contribution >= 4 is 0 Å². The van der Waals surface area contributed by atoms with Gasteiger partial charge in [0.1, 0.15) is 0 Å². The van der Waals surface area contributed by atoms with E-state index in [2.05, 4.69) is 0 Å². The first-order chi connectivity index (χ1) is 8.52. The third kappa shape index (κ3) is 2.48. The molecule has 94 valence electrons. The van der Waals surface area contributed by atoms with Crippen LogP contribution in [-0.4, -0.2) is 9.94 Å². The first kappa shape index (κ1) is 10.7. The van der Waals surface area contributed by atoms with Gasteiger partial charge >= 0.3 is 0 Å². The first-order valence-electron chi connectivity index (χ1n) is 6.26. The molecule has 1 aliphatic rings. The third-order valence-corrected chi connectivity index (χ3v) is 3.22. The van der Waals surface area contributed by atoms with Crippen LogP contribution >= 0.6 is 0 Å². The molecule has 0 unspecified atom stereocenters. The zero-order valence-electron chi connectivity index (χ0n) is 10.3. The topological polar surface area (TPSA) is 42.2 Å². The Kier molecular flexibility index (Phi) is 3.07. The van der Waals surface area contributed by atoms with Crippen LogP contribution in [-0.2, 0) is 0 Å². The van der Waals surface area contributed by atoms with Crippen LogP contribution in [0, 0.1) is 0 Å². The van der Waals surface area contributed by atoms with Crippen molar-refractivity contribution in [1.82, 2.24) is 4.73 Å². The summed E-state index contributed by atoms with van der Waals surface area (Å²) in [4.78, 5) is 11.5. The molecule has 0 spiro atoms. The number of hydrogen-bond donors (Lipinski definition) is 1. The van der Waals surface area contributed by atoms with Gasteiger partial charge in [-0.25, -0.2) is 8.78 Å². The molecule has 1 fully saturated rings. The van der Waals surface area contributed by atoms with Crippen molar-refractivity contribution in [1.29, 1.82) is 0 Å². The average molecular weight is 244 g/mol. The highest BCUT2D eigenvalue weighted by molar-refractivity contribution is 5.21. The van der Waals surface area contributed by atoms with Gasteiger partial charge in [-0.3, -0.25) is 4.79 Å². The van der Waals surface area contributed by atoms with Gasteiger partial charge in [-0.2, -0.15) is 4.73 Å². The Morgan fingerprint density at radius 2 is 2.06 bits per heavy atom. The fourth-order valence-electron chi connectivity index (χ4n) is 2.32. The number of pyridine rings is 1. The van der Waals surface area contributed by atoms with E-state index in [4.69, 9.17) is 1.37 Å². The minimum Gasteiger partial charge on any atom is -0.425 e. The van der Waals surface area contributed by atoms with E-state index in [1.165, 1.54) is 0 Å². The first-order valence-corrected chi connectivity index (χ1v) is 5.76. The summed E-state index contributed by atoms with van der Waals surface area (Å²) >= 11 is 0. The van der Waals surface area contributed by atoms with Gasteiger partial charge in [-0.15, -0.1) is 0 Å². The zero-order chi connectivity index (χ0) is 13.3. The third-order valence-electron chi connectivity index (χ3n) is 3.22. The predicted octanol–water partition coefficient (Wildman–Crippen LogP) is 3.07. The van der Waals surface area contributed by atoms with Crippen molar-refractivity contribution in [2.24, 2.45) is 0 Å². The highest BCUT2D eigenvalue weighted by atomic mass is 19.3. The Balaban J connectivity index is 2.53. The lowest BCUT2D eigenvalue weighted by Crippen LogP contribution is -2.24. The molecular weight excluding hydrogens is 228 g/mol. The van der Waals surface area contributed by atoms with E-state index in [9.17, 15) is 18.8 Å². The van der Waals surface area contributed by atoms with Crippen LogP contribution in [0.15, 0.2) is 16.9 Å². The normalized spacial score (nSPS) is 18.4. The van der Waals surface area contributed by atoms with E-state index in [1.54, 1.807) is 0 Å². The van der Waals surface area contributed by atoms with Gasteiger partial charge in [0, 0.05) is 17.5 Å². The monoisotopic (exact) mass is 244 g/mol. The standard InChI is InChI=1S/C12H15F2NO2/c13-12(14)9-6-10(15(17)11(16)7-9)8-4-2-1-3-5-8/h6-8,12,17H,1-5H2/i6D. The van der Waals surface area contributed by atoms with Gasteiger partial charge in [0.25, 0.3) is 12.0 Å². The molecule has 1 heterocycles. The molecule has 0 amide bonds. The van der Waals surface area contributed by atoms with Crippen molar-refractivity contribution in [3.63, 3.8) is 0 Å². The van der Waals surface area contributed by atoms with Crippen LogP contribution in [0.1, 0.15) is 57.1 Å². The minimum atomic E-state index is -2.87. The van der Waals surface area contributed by atoms with Crippen LogP contribution in [0.4, 0.5) is 8.78 Å². The number of nitrogens with zero attached hydrogens (tertiary/aromatic N) is 1. The molecule has 1 aliphatic carbocycles. The summed E-state index contributed by atoms with van der Waals surface area (Å²) in [5.74, 6) is -0.178. The Hall–Kier alpha value is -1.39. The highest BCUT2D eigenvalue weighted by Crippen LogP contribution is 2.33. The molecular formula is C12H15F2NO2. The second-order valence-electron chi connectivity index (χ2n) is 4.40. The van der Waals surface area contributed by atoms with Crippen molar-refractivity contribution in [3.05, 3.63) is 33.7 Å². The van der Waals surface area contributed by atoms with Crippen LogP contribution in [0.2, 0.25) is 0 Å².